The summed E-state index contributed by atoms with van der Waals surface area (Å²) in [4.78, 5) is 13.1. The van der Waals surface area contributed by atoms with Gasteiger partial charge < -0.3 is 14.2 Å². The van der Waals surface area contributed by atoms with Gasteiger partial charge in [-0.05, 0) is 42.3 Å². The van der Waals surface area contributed by atoms with Crippen molar-refractivity contribution in [2.24, 2.45) is 0 Å². The van der Waals surface area contributed by atoms with Crippen molar-refractivity contribution >= 4 is 33.3 Å². The van der Waals surface area contributed by atoms with Gasteiger partial charge in [-0.25, -0.2) is 4.79 Å². The van der Waals surface area contributed by atoms with Crippen LogP contribution in [0.5, 0.6) is 0 Å². The third-order valence-electron chi connectivity index (χ3n) is 4.97. The van der Waals surface area contributed by atoms with Crippen molar-refractivity contribution in [1.82, 2.24) is 0 Å². The number of rotatable bonds is 3. The first kappa shape index (κ1) is 16.4. The number of benzene rings is 3. The van der Waals surface area contributed by atoms with Gasteiger partial charge in [-0.2, -0.15) is 0 Å². The molecule has 0 saturated heterocycles. The lowest BCUT2D eigenvalue weighted by Crippen LogP contribution is -2.08. The highest BCUT2D eigenvalue weighted by Crippen LogP contribution is 2.37. The lowest BCUT2D eigenvalue weighted by molar-refractivity contribution is 0.566. The molecular weight excluding hydrogens is 350 g/mol. The number of hydrogen-bond donors (Lipinski definition) is 1. The van der Waals surface area contributed by atoms with Gasteiger partial charge in [0.15, 0.2) is 5.58 Å². The van der Waals surface area contributed by atoms with E-state index >= 15 is 0 Å². The fraction of sp³-hybridized carbons (Fsp3) is 0.0417. The van der Waals surface area contributed by atoms with E-state index < -0.39 is 0 Å². The molecule has 0 radical (unpaired) electrons. The summed E-state index contributed by atoms with van der Waals surface area (Å²) in [5.41, 5.74) is 4.90. The Morgan fingerprint density at radius 2 is 1.61 bits per heavy atom. The number of anilines is 2. The topological polar surface area (TPSA) is 55.4 Å². The van der Waals surface area contributed by atoms with Crippen molar-refractivity contribution in [2.75, 3.05) is 5.32 Å². The van der Waals surface area contributed by atoms with Crippen molar-refractivity contribution < 1.29 is 8.83 Å². The van der Waals surface area contributed by atoms with E-state index in [2.05, 4.69) is 5.32 Å². The quantitative estimate of drug-likeness (QED) is 0.383. The summed E-state index contributed by atoms with van der Waals surface area (Å²) in [6.07, 6.45) is 1.60. The Bertz CT molecular complexity index is 1360. The second-order valence-corrected chi connectivity index (χ2v) is 6.72. The van der Waals surface area contributed by atoms with Crippen LogP contribution in [0.4, 0.5) is 11.4 Å². The van der Waals surface area contributed by atoms with Crippen molar-refractivity contribution in [3.05, 3.63) is 95.0 Å². The molecular formula is C24H17NO3. The monoisotopic (exact) mass is 367 g/mol. The molecule has 28 heavy (non-hydrogen) atoms. The predicted molar refractivity (Wildman–Crippen MR) is 112 cm³/mol. The van der Waals surface area contributed by atoms with Crippen LogP contribution in [0.3, 0.4) is 0 Å². The zero-order valence-electron chi connectivity index (χ0n) is 15.2. The Morgan fingerprint density at radius 3 is 2.43 bits per heavy atom. The van der Waals surface area contributed by atoms with Crippen LogP contribution < -0.4 is 10.9 Å². The van der Waals surface area contributed by atoms with Gasteiger partial charge in [-0.15, -0.1) is 0 Å². The van der Waals surface area contributed by atoms with Crippen LogP contribution >= 0.6 is 0 Å². The average Bonchev–Trinajstić information content (AvgIpc) is 3.20. The van der Waals surface area contributed by atoms with Gasteiger partial charge in [-0.3, -0.25) is 0 Å². The number of furan rings is 1. The Balaban J connectivity index is 1.87. The van der Waals surface area contributed by atoms with Crippen LogP contribution in [0, 0.1) is 6.92 Å². The predicted octanol–water partition coefficient (Wildman–Crippen LogP) is 6.26. The molecule has 4 nitrogen and oxygen atoms in total. The minimum atomic E-state index is -0.386. The highest BCUT2D eigenvalue weighted by molar-refractivity contribution is 6.10. The Kier molecular flexibility index (Phi) is 3.76. The van der Waals surface area contributed by atoms with Crippen LogP contribution in [0.2, 0.25) is 0 Å². The Hall–Kier alpha value is -3.79. The molecule has 0 amide bonds. The second-order valence-electron chi connectivity index (χ2n) is 6.72. The lowest BCUT2D eigenvalue weighted by atomic mass is 10.0. The molecule has 4 heteroatoms. The molecule has 2 aromatic heterocycles. The van der Waals surface area contributed by atoms with Gasteiger partial charge >= 0.3 is 5.63 Å². The molecule has 0 aliphatic rings. The summed E-state index contributed by atoms with van der Waals surface area (Å²) in [6.45, 7) is 2.03. The molecule has 136 valence electrons. The lowest BCUT2D eigenvalue weighted by Gasteiger charge is -2.16. The first-order chi connectivity index (χ1) is 13.7. The van der Waals surface area contributed by atoms with Crippen LogP contribution in [-0.4, -0.2) is 0 Å². The number of hydrogen-bond acceptors (Lipinski definition) is 4. The molecule has 1 N–H and O–H groups in total. The van der Waals surface area contributed by atoms with E-state index in [0.29, 0.717) is 16.7 Å². The molecule has 5 rings (SSSR count). The maximum atomic E-state index is 13.1. The summed E-state index contributed by atoms with van der Waals surface area (Å²) in [5, 5.41) is 5.10. The molecule has 0 bridgehead atoms. The Labute approximate surface area is 161 Å². The number of fused-ring (bicyclic) bond motifs is 3. The first-order valence-corrected chi connectivity index (χ1v) is 9.07. The summed E-state index contributed by atoms with van der Waals surface area (Å²) in [5.74, 6) is 0. The van der Waals surface area contributed by atoms with Crippen LogP contribution in [0.1, 0.15) is 5.56 Å². The SMILES string of the molecule is Cc1ccccc1Nc1c(-c2ccccc2)c(=O)oc2c1ccc1occc12. The number of aryl methyl sites for hydroxylation is 1. The smallest absolute Gasteiger partial charge is 0.346 e. The number of nitrogens with one attached hydrogen (secondary N) is 1. The molecule has 2 heterocycles. The fourth-order valence-corrected chi connectivity index (χ4v) is 3.55. The maximum Gasteiger partial charge on any atom is 0.346 e. The summed E-state index contributed by atoms with van der Waals surface area (Å²) in [6, 6.07) is 23.2. The van der Waals surface area contributed by atoms with Gasteiger partial charge in [0.25, 0.3) is 0 Å². The summed E-state index contributed by atoms with van der Waals surface area (Å²) < 4.78 is 11.2. The van der Waals surface area contributed by atoms with Gasteiger partial charge in [0.05, 0.1) is 22.9 Å². The van der Waals surface area contributed by atoms with E-state index in [1.807, 2.05) is 79.7 Å². The van der Waals surface area contributed by atoms with E-state index in [1.54, 1.807) is 6.26 Å². The van der Waals surface area contributed by atoms with E-state index in [-0.39, 0.29) is 5.63 Å². The molecule has 5 aromatic rings. The third-order valence-corrected chi connectivity index (χ3v) is 4.97. The van der Waals surface area contributed by atoms with Gasteiger partial charge in [0.2, 0.25) is 0 Å². The second kappa shape index (κ2) is 6.43. The first-order valence-electron chi connectivity index (χ1n) is 9.07. The van der Waals surface area contributed by atoms with E-state index in [9.17, 15) is 4.79 Å². The minimum absolute atomic E-state index is 0.386. The molecule has 0 saturated carbocycles. The molecule has 0 aliphatic carbocycles. The van der Waals surface area contributed by atoms with Gasteiger partial charge in [0, 0.05) is 11.1 Å². The molecule has 0 spiro atoms. The van der Waals surface area contributed by atoms with Gasteiger partial charge in [-0.1, -0.05) is 48.5 Å². The standard InChI is InChI=1S/C24H17NO3/c1-15-7-5-6-10-19(15)25-22-18-11-12-20-17(13-14-27-20)23(18)28-24(26)21(22)16-8-3-2-4-9-16/h2-14,25H,1H3. The van der Waals surface area contributed by atoms with Crippen molar-refractivity contribution in [3.8, 4) is 11.1 Å². The van der Waals surface area contributed by atoms with Crippen molar-refractivity contribution in [3.63, 3.8) is 0 Å². The highest BCUT2D eigenvalue weighted by Gasteiger charge is 2.19. The maximum absolute atomic E-state index is 13.1. The van der Waals surface area contributed by atoms with Crippen molar-refractivity contribution in [1.29, 1.82) is 0 Å². The third kappa shape index (κ3) is 2.58. The largest absolute Gasteiger partial charge is 0.464 e. The van der Waals surface area contributed by atoms with Crippen LogP contribution in [0.15, 0.2) is 92.7 Å². The molecule has 0 unspecified atom stereocenters. The minimum Gasteiger partial charge on any atom is -0.464 e. The van der Waals surface area contributed by atoms with E-state index in [4.69, 9.17) is 8.83 Å². The average molecular weight is 367 g/mol. The summed E-state index contributed by atoms with van der Waals surface area (Å²) >= 11 is 0. The molecule has 0 fully saturated rings. The Morgan fingerprint density at radius 1 is 0.821 bits per heavy atom. The number of para-hydroxylation sites is 1. The normalized spacial score (nSPS) is 11.2. The molecule has 0 aliphatic heterocycles. The van der Waals surface area contributed by atoms with Crippen LogP contribution in [-0.2, 0) is 0 Å². The van der Waals surface area contributed by atoms with Crippen LogP contribution in [0.25, 0.3) is 33.1 Å². The molecule has 0 atom stereocenters. The van der Waals surface area contributed by atoms with Crippen molar-refractivity contribution in [2.45, 2.75) is 6.92 Å². The zero-order chi connectivity index (χ0) is 19.1. The highest BCUT2D eigenvalue weighted by atomic mass is 16.4. The van der Waals surface area contributed by atoms with E-state index in [0.717, 1.165) is 33.3 Å². The zero-order valence-corrected chi connectivity index (χ0v) is 15.2. The van der Waals surface area contributed by atoms with Gasteiger partial charge in [0.1, 0.15) is 5.58 Å². The molecule has 3 aromatic carbocycles. The fourth-order valence-electron chi connectivity index (χ4n) is 3.55. The van der Waals surface area contributed by atoms with E-state index in [1.165, 1.54) is 0 Å². The summed E-state index contributed by atoms with van der Waals surface area (Å²) in [7, 11) is 0.